The summed E-state index contributed by atoms with van der Waals surface area (Å²) in [5.74, 6) is 0.974. The van der Waals surface area contributed by atoms with Gasteiger partial charge >= 0.3 is 0 Å². The molecule has 0 saturated heterocycles. The van der Waals surface area contributed by atoms with E-state index < -0.39 is 0 Å². The van der Waals surface area contributed by atoms with E-state index in [9.17, 15) is 0 Å². The lowest BCUT2D eigenvalue weighted by Gasteiger charge is -2.12. The second-order valence-electron chi connectivity index (χ2n) is 4.45. The smallest absolute Gasteiger partial charge is 0.117 e. The fourth-order valence-electron chi connectivity index (χ4n) is 1.99. The molecule has 1 aromatic carbocycles. The molecule has 0 aliphatic carbocycles. The molecule has 0 aliphatic heterocycles. The zero-order valence-electron chi connectivity index (χ0n) is 11.0. The van der Waals surface area contributed by atoms with Crippen molar-refractivity contribution in [1.29, 1.82) is 0 Å². The molecule has 3 heteroatoms. The SMILES string of the molecule is Cc1cccc(C)c1NCCNCc1ccco1. The third kappa shape index (κ3) is 3.37. The Morgan fingerprint density at radius 1 is 1.00 bits per heavy atom. The van der Waals surface area contributed by atoms with Crippen molar-refractivity contribution in [3.05, 3.63) is 53.5 Å². The van der Waals surface area contributed by atoms with E-state index >= 15 is 0 Å². The van der Waals surface area contributed by atoms with E-state index in [0.717, 1.165) is 25.4 Å². The Bertz CT molecular complexity index is 457. The van der Waals surface area contributed by atoms with Crippen LogP contribution in [0.2, 0.25) is 0 Å². The van der Waals surface area contributed by atoms with Crippen LogP contribution in [0.15, 0.2) is 41.0 Å². The predicted molar refractivity (Wildman–Crippen MR) is 74.8 cm³/mol. The minimum absolute atomic E-state index is 0.779. The molecule has 0 saturated carbocycles. The number of hydrogen-bond acceptors (Lipinski definition) is 3. The standard InChI is InChI=1S/C15H20N2O/c1-12-5-3-6-13(2)15(12)17-9-8-16-11-14-7-4-10-18-14/h3-7,10,16-17H,8-9,11H2,1-2H3. The summed E-state index contributed by atoms with van der Waals surface area (Å²) in [6, 6.07) is 10.2. The Balaban J connectivity index is 1.72. The lowest BCUT2D eigenvalue weighted by Crippen LogP contribution is -2.22. The maximum absolute atomic E-state index is 5.25. The summed E-state index contributed by atoms with van der Waals surface area (Å²) in [5.41, 5.74) is 3.83. The van der Waals surface area contributed by atoms with Crippen LogP contribution < -0.4 is 10.6 Å². The van der Waals surface area contributed by atoms with Crippen LogP contribution in [-0.2, 0) is 6.54 Å². The van der Waals surface area contributed by atoms with Crippen molar-refractivity contribution in [2.45, 2.75) is 20.4 Å². The van der Waals surface area contributed by atoms with Gasteiger partial charge in [-0.2, -0.15) is 0 Å². The number of hydrogen-bond donors (Lipinski definition) is 2. The Kier molecular flexibility index (Phi) is 4.42. The summed E-state index contributed by atoms with van der Waals surface area (Å²) >= 11 is 0. The van der Waals surface area contributed by atoms with Crippen LogP contribution in [0.3, 0.4) is 0 Å². The number of para-hydroxylation sites is 1. The number of benzene rings is 1. The highest BCUT2D eigenvalue weighted by Gasteiger charge is 2.00. The van der Waals surface area contributed by atoms with Crippen LogP contribution in [0.4, 0.5) is 5.69 Å². The molecule has 0 amide bonds. The molecule has 0 fully saturated rings. The Hall–Kier alpha value is -1.74. The quantitative estimate of drug-likeness (QED) is 0.767. The second-order valence-corrected chi connectivity index (χ2v) is 4.45. The maximum atomic E-state index is 5.25. The van der Waals surface area contributed by atoms with Crippen molar-refractivity contribution >= 4 is 5.69 Å². The lowest BCUT2D eigenvalue weighted by molar-refractivity contribution is 0.486. The first-order chi connectivity index (χ1) is 8.77. The zero-order valence-corrected chi connectivity index (χ0v) is 11.0. The Morgan fingerprint density at radius 3 is 2.44 bits per heavy atom. The Labute approximate surface area is 108 Å². The topological polar surface area (TPSA) is 37.2 Å². The van der Waals surface area contributed by atoms with E-state index in [4.69, 9.17) is 4.42 Å². The average Bonchev–Trinajstić information content (AvgIpc) is 2.85. The van der Waals surface area contributed by atoms with Gasteiger partial charge in [-0.05, 0) is 37.1 Å². The summed E-state index contributed by atoms with van der Waals surface area (Å²) in [7, 11) is 0. The molecule has 1 heterocycles. The van der Waals surface area contributed by atoms with Gasteiger partial charge < -0.3 is 15.1 Å². The fraction of sp³-hybridized carbons (Fsp3) is 0.333. The molecule has 2 rings (SSSR count). The zero-order chi connectivity index (χ0) is 12.8. The molecular formula is C15H20N2O. The third-order valence-electron chi connectivity index (χ3n) is 2.96. The molecule has 0 radical (unpaired) electrons. The van der Waals surface area contributed by atoms with Crippen LogP contribution in [0.5, 0.6) is 0 Å². The number of anilines is 1. The highest BCUT2D eigenvalue weighted by Crippen LogP contribution is 2.18. The number of aryl methyl sites for hydroxylation is 2. The summed E-state index contributed by atoms with van der Waals surface area (Å²) in [4.78, 5) is 0. The molecule has 0 spiro atoms. The van der Waals surface area contributed by atoms with Gasteiger partial charge in [-0.1, -0.05) is 18.2 Å². The van der Waals surface area contributed by atoms with E-state index in [0.29, 0.717) is 0 Å². The molecule has 1 aromatic heterocycles. The minimum atomic E-state index is 0.779. The molecular weight excluding hydrogens is 224 g/mol. The Morgan fingerprint density at radius 2 is 1.78 bits per heavy atom. The van der Waals surface area contributed by atoms with Crippen LogP contribution in [-0.4, -0.2) is 13.1 Å². The average molecular weight is 244 g/mol. The largest absolute Gasteiger partial charge is 0.468 e. The summed E-state index contributed by atoms with van der Waals surface area (Å²) in [6.45, 7) is 6.86. The summed E-state index contributed by atoms with van der Waals surface area (Å²) < 4.78 is 5.25. The summed E-state index contributed by atoms with van der Waals surface area (Å²) in [6.07, 6.45) is 1.70. The van der Waals surface area contributed by atoms with Gasteiger partial charge in [0.25, 0.3) is 0 Å². The van der Waals surface area contributed by atoms with Crippen molar-refractivity contribution in [2.75, 3.05) is 18.4 Å². The lowest BCUT2D eigenvalue weighted by atomic mass is 10.1. The monoisotopic (exact) mass is 244 g/mol. The molecule has 2 aromatic rings. The van der Waals surface area contributed by atoms with Crippen molar-refractivity contribution in [3.63, 3.8) is 0 Å². The van der Waals surface area contributed by atoms with E-state index in [1.807, 2.05) is 12.1 Å². The molecule has 0 unspecified atom stereocenters. The van der Waals surface area contributed by atoms with Crippen LogP contribution in [0.1, 0.15) is 16.9 Å². The molecule has 96 valence electrons. The highest BCUT2D eigenvalue weighted by atomic mass is 16.3. The maximum Gasteiger partial charge on any atom is 0.117 e. The third-order valence-corrected chi connectivity index (χ3v) is 2.96. The summed E-state index contributed by atoms with van der Waals surface area (Å²) in [5, 5.41) is 6.81. The van der Waals surface area contributed by atoms with Crippen molar-refractivity contribution in [3.8, 4) is 0 Å². The van der Waals surface area contributed by atoms with Crippen molar-refractivity contribution in [2.24, 2.45) is 0 Å². The van der Waals surface area contributed by atoms with E-state index in [2.05, 4.69) is 42.7 Å². The van der Waals surface area contributed by atoms with Crippen molar-refractivity contribution < 1.29 is 4.42 Å². The van der Waals surface area contributed by atoms with Gasteiger partial charge in [-0.15, -0.1) is 0 Å². The molecule has 2 N–H and O–H groups in total. The van der Waals surface area contributed by atoms with Crippen LogP contribution >= 0.6 is 0 Å². The van der Waals surface area contributed by atoms with Gasteiger partial charge in [0, 0.05) is 18.8 Å². The van der Waals surface area contributed by atoms with Gasteiger partial charge in [0.05, 0.1) is 12.8 Å². The van der Waals surface area contributed by atoms with E-state index in [1.54, 1.807) is 6.26 Å². The number of nitrogens with one attached hydrogen (secondary N) is 2. The molecule has 0 aliphatic rings. The van der Waals surface area contributed by atoms with Gasteiger partial charge in [0.15, 0.2) is 0 Å². The first-order valence-electron chi connectivity index (χ1n) is 6.30. The number of rotatable bonds is 6. The van der Waals surface area contributed by atoms with Gasteiger partial charge in [-0.25, -0.2) is 0 Å². The fourth-order valence-corrected chi connectivity index (χ4v) is 1.99. The van der Waals surface area contributed by atoms with Gasteiger partial charge in [0.1, 0.15) is 5.76 Å². The normalized spacial score (nSPS) is 10.6. The predicted octanol–water partition coefficient (Wildman–Crippen LogP) is 3.10. The molecule has 18 heavy (non-hydrogen) atoms. The van der Waals surface area contributed by atoms with Crippen molar-refractivity contribution in [1.82, 2.24) is 5.32 Å². The van der Waals surface area contributed by atoms with E-state index in [1.165, 1.54) is 16.8 Å². The first-order valence-corrected chi connectivity index (χ1v) is 6.30. The molecule has 0 atom stereocenters. The second kappa shape index (κ2) is 6.26. The highest BCUT2D eigenvalue weighted by molar-refractivity contribution is 5.56. The van der Waals surface area contributed by atoms with Gasteiger partial charge in [-0.3, -0.25) is 0 Å². The first kappa shape index (κ1) is 12.7. The molecule has 0 bridgehead atoms. The van der Waals surface area contributed by atoms with E-state index in [-0.39, 0.29) is 0 Å². The van der Waals surface area contributed by atoms with Gasteiger partial charge in [0.2, 0.25) is 0 Å². The van der Waals surface area contributed by atoms with Crippen LogP contribution in [0, 0.1) is 13.8 Å². The minimum Gasteiger partial charge on any atom is -0.468 e. The number of furan rings is 1. The molecule has 3 nitrogen and oxygen atoms in total. The van der Waals surface area contributed by atoms with Crippen LogP contribution in [0.25, 0.3) is 0 Å².